The summed E-state index contributed by atoms with van der Waals surface area (Å²) < 4.78 is 24.0. The fourth-order valence-electron chi connectivity index (χ4n) is 4.68. The fourth-order valence-corrected chi connectivity index (χ4v) is 4.68. The van der Waals surface area contributed by atoms with Crippen molar-refractivity contribution in [3.63, 3.8) is 0 Å². The number of amidine groups is 1. The predicted octanol–water partition coefficient (Wildman–Crippen LogP) is 1.56. The average molecular weight is 545 g/mol. The highest BCUT2D eigenvalue weighted by Gasteiger charge is 2.51. The van der Waals surface area contributed by atoms with Crippen LogP contribution in [-0.2, 0) is 38.1 Å². The SMILES string of the molecule is CCCCCC(=O)NC1=NN(C)c2ncnc3c2c1cn3[C@@H]1O[C@H](COC(C)=O)[C@@H](OC(C)=O)[C@H]1OC(C)=O. The molecule has 2 aliphatic heterocycles. The van der Waals surface area contributed by atoms with Crippen LogP contribution in [0.25, 0.3) is 11.0 Å². The summed E-state index contributed by atoms with van der Waals surface area (Å²) in [5.74, 6) is -1.19. The number of unbranched alkanes of at least 4 members (excludes halogenated alkanes) is 2. The van der Waals surface area contributed by atoms with Gasteiger partial charge in [0, 0.05) is 40.4 Å². The molecule has 2 aromatic heterocycles. The Hall–Kier alpha value is -4.07. The van der Waals surface area contributed by atoms with E-state index in [-0.39, 0.29) is 12.5 Å². The molecule has 2 aliphatic rings. The van der Waals surface area contributed by atoms with Crippen LogP contribution in [0.15, 0.2) is 17.6 Å². The Balaban J connectivity index is 1.76. The number of carbonyl (C=O) groups is 4. The van der Waals surface area contributed by atoms with Crippen molar-refractivity contribution >= 4 is 46.5 Å². The Bertz CT molecular complexity index is 1310. The molecule has 4 rings (SSSR count). The quantitative estimate of drug-likeness (QED) is 0.277. The number of nitrogens with zero attached hydrogens (tertiary/aromatic N) is 5. The zero-order valence-electron chi connectivity index (χ0n) is 22.5. The monoisotopic (exact) mass is 544 g/mol. The largest absolute Gasteiger partial charge is 0.463 e. The first-order valence-corrected chi connectivity index (χ1v) is 12.7. The van der Waals surface area contributed by atoms with Crippen molar-refractivity contribution in [2.24, 2.45) is 5.10 Å². The van der Waals surface area contributed by atoms with Gasteiger partial charge in [0.05, 0.1) is 10.9 Å². The lowest BCUT2D eigenvalue weighted by atomic mass is 10.1. The molecule has 14 nitrogen and oxygen atoms in total. The first kappa shape index (κ1) is 28.0. The summed E-state index contributed by atoms with van der Waals surface area (Å²) in [5, 5.41) is 9.51. The van der Waals surface area contributed by atoms with Crippen molar-refractivity contribution in [2.45, 2.75) is 77.9 Å². The Morgan fingerprint density at radius 3 is 2.41 bits per heavy atom. The van der Waals surface area contributed by atoms with E-state index in [1.54, 1.807) is 17.8 Å². The molecule has 4 heterocycles. The van der Waals surface area contributed by atoms with Crippen molar-refractivity contribution < 1.29 is 38.1 Å². The van der Waals surface area contributed by atoms with Crippen LogP contribution >= 0.6 is 0 Å². The number of anilines is 1. The van der Waals surface area contributed by atoms with Crippen LogP contribution in [0.5, 0.6) is 0 Å². The van der Waals surface area contributed by atoms with Gasteiger partial charge >= 0.3 is 17.9 Å². The van der Waals surface area contributed by atoms with Gasteiger partial charge in [0.2, 0.25) is 5.91 Å². The number of esters is 3. The summed E-state index contributed by atoms with van der Waals surface area (Å²) in [6, 6.07) is 0. The minimum absolute atomic E-state index is 0.178. The molecule has 1 fully saturated rings. The van der Waals surface area contributed by atoms with Gasteiger partial charge in [0.15, 0.2) is 30.1 Å². The summed E-state index contributed by atoms with van der Waals surface area (Å²) in [6.45, 7) is 5.50. The third-order valence-electron chi connectivity index (χ3n) is 6.28. The summed E-state index contributed by atoms with van der Waals surface area (Å²) in [5.41, 5.74) is 0.950. The van der Waals surface area contributed by atoms with Gasteiger partial charge in [-0.25, -0.2) is 15.0 Å². The molecule has 0 saturated carbocycles. The van der Waals surface area contributed by atoms with Crippen molar-refractivity contribution in [2.75, 3.05) is 18.7 Å². The number of nitrogens with one attached hydrogen (secondary N) is 1. The van der Waals surface area contributed by atoms with E-state index in [1.165, 1.54) is 32.1 Å². The van der Waals surface area contributed by atoms with Gasteiger partial charge in [-0.2, -0.15) is 5.10 Å². The molecule has 210 valence electrons. The standard InChI is InChI=1S/C25H32N6O8/c1-6-7-8-9-18(35)28-22-16-10-31(24-19(16)23(26-12-27-24)30(5)29-22)25-21(38-15(4)34)20(37-14(3)33)17(39-25)11-36-13(2)32/h10,12,17,20-21,25H,6-9,11H2,1-5H3,(H,28,29,35)/t17-,20-,21-,25-/m1/s1. The summed E-state index contributed by atoms with van der Waals surface area (Å²) in [4.78, 5) is 57.0. The molecule has 1 N–H and O–H groups in total. The Morgan fingerprint density at radius 2 is 1.74 bits per heavy atom. The highest BCUT2D eigenvalue weighted by atomic mass is 16.7. The van der Waals surface area contributed by atoms with Gasteiger partial charge < -0.3 is 28.8 Å². The first-order valence-electron chi connectivity index (χ1n) is 12.7. The molecule has 4 atom stereocenters. The minimum Gasteiger partial charge on any atom is -0.463 e. The summed E-state index contributed by atoms with van der Waals surface area (Å²) >= 11 is 0. The molecular formula is C25H32N6O8. The normalized spacial score (nSPS) is 21.9. The molecule has 0 radical (unpaired) electrons. The van der Waals surface area contributed by atoms with Crippen LogP contribution in [-0.4, -0.2) is 76.2 Å². The maximum atomic E-state index is 12.7. The van der Waals surface area contributed by atoms with Crippen molar-refractivity contribution in [1.29, 1.82) is 0 Å². The van der Waals surface area contributed by atoms with Crippen molar-refractivity contribution in [3.05, 3.63) is 18.1 Å². The highest BCUT2D eigenvalue weighted by molar-refractivity contribution is 6.18. The molecule has 1 amide bonds. The van der Waals surface area contributed by atoms with Gasteiger partial charge in [0.1, 0.15) is 24.7 Å². The van der Waals surface area contributed by atoms with Crippen LogP contribution in [0.2, 0.25) is 0 Å². The second-order valence-electron chi connectivity index (χ2n) is 9.34. The number of hydrogen-bond acceptors (Lipinski definition) is 12. The number of carbonyl (C=O) groups excluding carboxylic acids is 4. The van der Waals surface area contributed by atoms with E-state index in [4.69, 9.17) is 18.9 Å². The lowest BCUT2D eigenvalue weighted by molar-refractivity contribution is -0.166. The van der Waals surface area contributed by atoms with Crippen molar-refractivity contribution in [1.82, 2.24) is 19.9 Å². The number of aromatic nitrogens is 3. The molecule has 2 aromatic rings. The molecule has 39 heavy (non-hydrogen) atoms. The van der Waals surface area contributed by atoms with Gasteiger partial charge in [-0.3, -0.25) is 19.2 Å². The molecule has 1 saturated heterocycles. The maximum absolute atomic E-state index is 12.7. The van der Waals surface area contributed by atoms with E-state index in [1.807, 2.05) is 0 Å². The van der Waals surface area contributed by atoms with Crippen LogP contribution in [0.4, 0.5) is 5.82 Å². The molecule has 0 bridgehead atoms. The van der Waals surface area contributed by atoms with E-state index in [9.17, 15) is 19.2 Å². The number of rotatable bonds is 9. The zero-order valence-corrected chi connectivity index (χ0v) is 22.5. The Morgan fingerprint density at radius 1 is 1.03 bits per heavy atom. The number of hydrogen-bond donors (Lipinski definition) is 1. The Kier molecular flexibility index (Phi) is 8.43. The first-order chi connectivity index (χ1) is 18.6. The molecule has 0 spiro atoms. The van der Waals surface area contributed by atoms with E-state index in [0.717, 1.165) is 19.3 Å². The third-order valence-corrected chi connectivity index (χ3v) is 6.28. The number of hydrazone groups is 1. The van der Waals surface area contributed by atoms with Gasteiger partial charge in [-0.15, -0.1) is 0 Å². The van der Waals surface area contributed by atoms with E-state index in [0.29, 0.717) is 34.7 Å². The van der Waals surface area contributed by atoms with Gasteiger partial charge in [-0.1, -0.05) is 19.8 Å². The fraction of sp³-hybridized carbons (Fsp3) is 0.560. The van der Waals surface area contributed by atoms with Gasteiger partial charge in [-0.05, 0) is 6.42 Å². The smallest absolute Gasteiger partial charge is 0.303 e. The zero-order chi connectivity index (χ0) is 28.3. The lowest BCUT2D eigenvalue weighted by Crippen LogP contribution is -2.40. The van der Waals surface area contributed by atoms with Crippen LogP contribution in [0, 0.1) is 0 Å². The molecular weight excluding hydrogens is 512 g/mol. The number of ether oxygens (including phenoxy) is 4. The van der Waals surface area contributed by atoms with Crippen LogP contribution in [0.1, 0.15) is 65.2 Å². The molecule has 0 unspecified atom stereocenters. The van der Waals surface area contributed by atoms with Gasteiger partial charge in [0.25, 0.3) is 0 Å². The van der Waals surface area contributed by atoms with E-state index < -0.39 is 42.4 Å². The molecule has 14 heteroatoms. The summed E-state index contributed by atoms with van der Waals surface area (Å²) in [7, 11) is 1.70. The molecule has 0 aromatic carbocycles. The topological polar surface area (TPSA) is 164 Å². The highest BCUT2D eigenvalue weighted by Crippen LogP contribution is 2.39. The Labute approximate surface area is 224 Å². The maximum Gasteiger partial charge on any atom is 0.303 e. The van der Waals surface area contributed by atoms with Crippen molar-refractivity contribution in [3.8, 4) is 0 Å². The molecule has 0 aliphatic carbocycles. The predicted molar refractivity (Wildman–Crippen MR) is 136 cm³/mol. The number of amides is 1. The third kappa shape index (κ3) is 6.00. The summed E-state index contributed by atoms with van der Waals surface area (Å²) in [6.07, 6.45) is 1.91. The van der Waals surface area contributed by atoms with Crippen LogP contribution in [0.3, 0.4) is 0 Å². The van der Waals surface area contributed by atoms with E-state index >= 15 is 0 Å². The minimum atomic E-state index is -1.10. The second-order valence-corrected chi connectivity index (χ2v) is 9.34. The van der Waals surface area contributed by atoms with Crippen LogP contribution < -0.4 is 10.3 Å². The average Bonchev–Trinajstić information content (AvgIpc) is 3.40. The van der Waals surface area contributed by atoms with E-state index in [2.05, 4.69) is 27.3 Å². The second kappa shape index (κ2) is 11.8. The lowest BCUT2D eigenvalue weighted by Gasteiger charge is -2.24.